The van der Waals surface area contributed by atoms with Gasteiger partial charge in [0.15, 0.2) is 0 Å². The summed E-state index contributed by atoms with van der Waals surface area (Å²) in [5.74, 6) is 0. The second-order valence-electron chi connectivity index (χ2n) is 7.28. The van der Waals surface area contributed by atoms with E-state index in [1.165, 1.54) is 64.2 Å². The molecule has 0 aromatic heterocycles. The van der Waals surface area contributed by atoms with Gasteiger partial charge in [-0.1, -0.05) is 78.1 Å². The maximum Gasteiger partial charge on any atom is 0.261 e. The Labute approximate surface area is 168 Å². The molecule has 166 valence electrons. The van der Waals surface area contributed by atoms with Gasteiger partial charge in [0.1, 0.15) is 0 Å². The van der Waals surface area contributed by atoms with E-state index in [-0.39, 0.29) is 6.41 Å². The Hall–Kier alpha value is -0.210. The van der Waals surface area contributed by atoms with Gasteiger partial charge in [0, 0.05) is 0 Å². The van der Waals surface area contributed by atoms with Gasteiger partial charge >= 0.3 is 0 Å². The van der Waals surface area contributed by atoms with Gasteiger partial charge in [-0.2, -0.15) is 8.42 Å². The minimum atomic E-state index is -3.67. The van der Waals surface area contributed by atoms with E-state index >= 15 is 0 Å². The quantitative estimate of drug-likeness (QED) is 0.204. The lowest BCUT2D eigenvalue weighted by molar-refractivity contribution is -0.212. The van der Waals surface area contributed by atoms with Crippen LogP contribution in [0.4, 0.5) is 0 Å². The Morgan fingerprint density at radius 2 is 1.04 bits per heavy atom. The van der Waals surface area contributed by atoms with E-state index < -0.39 is 10.1 Å². The summed E-state index contributed by atoms with van der Waals surface area (Å²) in [6.45, 7) is 6.13. The van der Waals surface area contributed by atoms with E-state index in [1.807, 2.05) is 19.0 Å². The second kappa shape index (κ2) is 20.5. The number of hydrogen-bond acceptors (Lipinski definition) is 5. The van der Waals surface area contributed by atoms with Crippen LogP contribution in [0.1, 0.15) is 90.9 Å². The summed E-state index contributed by atoms with van der Waals surface area (Å²) < 4.78 is 37.6. The van der Waals surface area contributed by atoms with Crippen molar-refractivity contribution in [3.63, 3.8) is 0 Å². The molecular formula is C20H45NO5S. The average Bonchev–Trinajstić information content (AvgIpc) is 2.56. The molecule has 0 atom stereocenters. The molecule has 0 unspecified atom stereocenters. The Kier molecular flexibility index (Phi) is 22.0. The van der Waals surface area contributed by atoms with Crippen molar-refractivity contribution in [2.24, 2.45) is 0 Å². The first-order valence-electron chi connectivity index (χ1n) is 10.5. The molecule has 6 nitrogen and oxygen atoms in total. The van der Waals surface area contributed by atoms with E-state index in [1.54, 1.807) is 0 Å². The Bertz CT molecular complexity index is 362. The van der Waals surface area contributed by atoms with Gasteiger partial charge in [-0.05, 0) is 26.9 Å². The number of unbranched alkanes of at least 4 members (excludes halogenated alkanes) is 10. The normalized spacial score (nSPS) is 11.7. The van der Waals surface area contributed by atoms with Crippen LogP contribution in [0, 0.1) is 0 Å². The fourth-order valence-corrected chi connectivity index (χ4v) is 2.48. The van der Waals surface area contributed by atoms with Crippen LogP contribution in [0.25, 0.3) is 0 Å². The van der Waals surface area contributed by atoms with Crippen molar-refractivity contribution in [1.82, 2.24) is 4.90 Å². The third-order valence-electron chi connectivity index (χ3n) is 3.94. The van der Waals surface area contributed by atoms with Gasteiger partial charge in [-0.3, -0.25) is 9.45 Å². The number of nitrogens with zero attached hydrogens (tertiary/aromatic N) is 1. The van der Waals surface area contributed by atoms with Crippen LogP contribution in [0.3, 0.4) is 0 Å². The zero-order valence-corrected chi connectivity index (χ0v) is 19.2. The van der Waals surface area contributed by atoms with Crippen LogP contribution in [0.15, 0.2) is 0 Å². The van der Waals surface area contributed by atoms with Crippen molar-refractivity contribution in [2.75, 3.05) is 33.6 Å². The number of rotatable bonds is 17. The summed E-state index contributed by atoms with van der Waals surface area (Å²) in [5, 5.41) is 0. The second-order valence-corrected chi connectivity index (χ2v) is 8.75. The maximum atomic E-state index is 9.19. The van der Waals surface area contributed by atoms with Gasteiger partial charge in [0.05, 0.1) is 19.5 Å². The van der Waals surface area contributed by atoms with Gasteiger partial charge < -0.3 is 9.47 Å². The number of hydrogen-bond donors (Lipinski definition) is 1. The van der Waals surface area contributed by atoms with Crippen LogP contribution in [0.2, 0.25) is 0 Å². The Balaban J connectivity index is 0. The van der Waals surface area contributed by atoms with E-state index in [0.717, 1.165) is 26.1 Å². The molecule has 7 heteroatoms. The maximum absolute atomic E-state index is 9.19. The van der Waals surface area contributed by atoms with Crippen LogP contribution in [-0.2, 0) is 19.6 Å². The lowest BCUT2D eigenvalue weighted by atomic mass is 10.1. The SMILES string of the molecule is CCCCCCCCOC(OCCCCCCCC)N(C)C.CS(=O)(=O)O. The monoisotopic (exact) mass is 411 g/mol. The third kappa shape index (κ3) is 30.7. The molecule has 0 fully saturated rings. The molecular weight excluding hydrogens is 366 g/mol. The molecule has 1 N–H and O–H groups in total. The van der Waals surface area contributed by atoms with Gasteiger partial charge in [0.2, 0.25) is 6.41 Å². The van der Waals surface area contributed by atoms with Crippen LogP contribution in [0.5, 0.6) is 0 Å². The molecule has 0 bridgehead atoms. The molecule has 0 heterocycles. The Morgan fingerprint density at radius 1 is 0.741 bits per heavy atom. The molecule has 27 heavy (non-hydrogen) atoms. The van der Waals surface area contributed by atoms with E-state index in [4.69, 9.17) is 14.0 Å². The predicted molar refractivity (Wildman–Crippen MR) is 114 cm³/mol. The molecule has 0 aliphatic carbocycles. The summed E-state index contributed by atoms with van der Waals surface area (Å²) >= 11 is 0. The molecule has 0 radical (unpaired) electrons. The van der Waals surface area contributed by atoms with Gasteiger partial charge in [-0.15, -0.1) is 0 Å². The fraction of sp³-hybridized carbons (Fsp3) is 1.00. The Morgan fingerprint density at radius 3 is 1.33 bits per heavy atom. The van der Waals surface area contributed by atoms with Crippen molar-refractivity contribution >= 4 is 10.1 Å². The summed E-state index contributed by atoms with van der Waals surface area (Å²) in [6, 6.07) is 0. The summed E-state index contributed by atoms with van der Waals surface area (Å²) in [6.07, 6.45) is 16.1. The number of ether oxygens (including phenoxy) is 2. The van der Waals surface area contributed by atoms with Crippen LogP contribution in [-0.4, -0.2) is 57.8 Å². The molecule has 0 saturated carbocycles. The summed E-state index contributed by atoms with van der Waals surface area (Å²) in [7, 11) is 0.375. The molecule has 0 amide bonds. The first kappa shape index (κ1) is 29.0. The lowest BCUT2D eigenvalue weighted by Gasteiger charge is -2.24. The molecule has 0 aliphatic rings. The molecule has 0 aliphatic heterocycles. The van der Waals surface area contributed by atoms with Gasteiger partial charge in [0.25, 0.3) is 10.1 Å². The third-order valence-corrected chi connectivity index (χ3v) is 3.94. The van der Waals surface area contributed by atoms with Crippen molar-refractivity contribution in [2.45, 2.75) is 97.3 Å². The van der Waals surface area contributed by atoms with Crippen molar-refractivity contribution < 1.29 is 22.4 Å². The predicted octanol–water partition coefficient (Wildman–Crippen LogP) is 5.09. The lowest BCUT2D eigenvalue weighted by Crippen LogP contribution is -2.34. The van der Waals surface area contributed by atoms with E-state index in [9.17, 15) is 8.42 Å². The highest BCUT2D eigenvalue weighted by Gasteiger charge is 2.11. The van der Waals surface area contributed by atoms with E-state index in [0.29, 0.717) is 6.26 Å². The average molecular weight is 412 g/mol. The van der Waals surface area contributed by atoms with Crippen molar-refractivity contribution in [3.8, 4) is 0 Å². The van der Waals surface area contributed by atoms with Gasteiger partial charge in [-0.25, -0.2) is 0 Å². The van der Waals surface area contributed by atoms with Crippen LogP contribution < -0.4 is 0 Å². The van der Waals surface area contributed by atoms with E-state index in [2.05, 4.69) is 13.8 Å². The zero-order valence-electron chi connectivity index (χ0n) is 18.4. The summed E-state index contributed by atoms with van der Waals surface area (Å²) in [5.41, 5.74) is 0. The summed E-state index contributed by atoms with van der Waals surface area (Å²) in [4.78, 5) is 2.02. The zero-order chi connectivity index (χ0) is 21.0. The molecule has 0 aromatic rings. The van der Waals surface area contributed by atoms with Crippen LogP contribution >= 0.6 is 0 Å². The smallest absolute Gasteiger partial charge is 0.261 e. The minimum Gasteiger partial charge on any atom is -0.340 e. The first-order chi connectivity index (χ1) is 12.7. The highest BCUT2D eigenvalue weighted by molar-refractivity contribution is 7.85. The first-order valence-corrected chi connectivity index (χ1v) is 12.4. The van der Waals surface area contributed by atoms with Crippen molar-refractivity contribution in [1.29, 1.82) is 0 Å². The topological polar surface area (TPSA) is 76.1 Å². The minimum absolute atomic E-state index is 0.175. The largest absolute Gasteiger partial charge is 0.340 e. The molecule has 0 rings (SSSR count). The molecule has 0 spiro atoms. The molecule has 0 saturated heterocycles. The highest BCUT2D eigenvalue weighted by atomic mass is 32.2. The van der Waals surface area contributed by atoms with Crippen molar-refractivity contribution in [3.05, 3.63) is 0 Å². The fourth-order valence-electron chi connectivity index (χ4n) is 2.48. The highest BCUT2D eigenvalue weighted by Crippen LogP contribution is 2.09. The molecule has 0 aromatic carbocycles. The standard InChI is InChI=1S/C19H41NO2.CH4O3S/c1-5-7-9-11-13-15-17-21-19(20(3)4)22-18-16-14-12-10-8-6-2;1-5(2,3)4/h19H,5-18H2,1-4H3;1H3,(H,2,3,4).